The van der Waals surface area contributed by atoms with Gasteiger partial charge in [-0.25, -0.2) is 0 Å². The summed E-state index contributed by atoms with van der Waals surface area (Å²) < 4.78 is 10.9. The molecular weight excluding hydrogens is 372 g/mol. The highest BCUT2D eigenvalue weighted by molar-refractivity contribution is 6.01. The topological polar surface area (TPSA) is 84.9 Å². The molecule has 1 N–H and O–H groups in total. The van der Waals surface area contributed by atoms with Gasteiger partial charge in [-0.1, -0.05) is 45.2 Å². The third-order valence-electron chi connectivity index (χ3n) is 5.30. The molecule has 1 aromatic carbocycles. The maximum Gasteiger partial charge on any atom is 0.326 e. The van der Waals surface area contributed by atoms with E-state index in [9.17, 15) is 14.4 Å². The molecule has 0 unspecified atom stereocenters. The summed E-state index contributed by atoms with van der Waals surface area (Å²) in [4.78, 5) is 39.0. The van der Waals surface area contributed by atoms with Gasteiger partial charge < -0.3 is 14.8 Å². The molecule has 1 aliphatic carbocycles. The summed E-state index contributed by atoms with van der Waals surface area (Å²) in [6.07, 6.45) is 4.94. The Morgan fingerprint density at radius 2 is 1.93 bits per heavy atom. The molecule has 1 fully saturated rings. The molecule has 0 saturated heterocycles. The lowest BCUT2D eigenvalue weighted by Crippen LogP contribution is -2.47. The molecule has 0 aromatic heterocycles. The quantitative estimate of drug-likeness (QED) is 0.709. The fourth-order valence-electron chi connectivity index (χ4n) is 3.83. The molecule has 158 valence electrons. The normalized spacial score (nSPS) is 18.0. The van der Waals surface area contributed by atoms with Gasteiger partial charge in [0, 0.05) is 6.04 Å². The summed E-state index contributed by atoms with van der Waals surface area (Å²) in [5.74, 6) is -0.413. The first-order valence-corrected chi connectivity index (χ1v) is 10.5. The predicted octanol–water partition coefficient (Wildman–Crippen LogP) is 2.82. The molecule has 1 saturated carbocycles. The van der Waals surface area contributed by atoms with E-state index in [1.54, 1.807) is 24.3 Å². The average Bonchev–Trinajstić information content (AvgIpc) is 2.70. The van der Waals surface area contributed by atoms with E-state index in [0.29, 0.717) is 17.9 Å². The lowest BCUT2D eigenvalue weighted by Gasteiger charge is -2.29. The van der Waals surface area contributed by atoms with Crippen LogP contribution in [0.15, 0.2) is 24.3 Å². The van der Waals surface area contributed by atoms with Crippen molar-refractivity contribution >= 4 is 23.5 Å². The van der Waals surface area contributed by atoms with Crippen LogP contribution in [0.2, 0.25) is 0 Å². The van der Waals surface area contributed by atoms with Crippen molar-refractivity contribution in [1.82, 2.24) is 5.32 Å². The second-order valence-corrected chi connectivity index (χ2v) is 8.19. The van der Waals surface area contributed by atoms with Crippen LogP contribution in [0.5, 0.6) is 5.75 Å². The van der Waals surface area contributed by atoms with Gasteiger partial charge in [-0.3, -0.25) is 19.3 Å². The van der Waals surface area contributed by atoms with Gasteiger partial charge in [0.2, 0.25) is 0 Å². The molecule has 0 bridgehead atoms. The number of fused-ring (bicyclic) bond motifs is 1. The number of hydrogen-bond donors (Lipinski definition) is 1. The Hall–Kier alpha value is -2.57. The Morgan fingerprint density at radius 3 is 2.66 bits per heavy atom. The van der Waals surface area contributed by atoms with Crippen molar-refractivity contribution in [2.45, 2.75) is 64.5 Å². The minimum absolute atomic E-state index is 0.123. The van der Waals surface area contributed by atoms with Crippen molar-refractivity contribution in [3.05, 3.63) is 24.3 Å². The highest BCUT2D eigenvalue weighted by Crippen LogP contribution is 2.31. The van der Waals surface area contributed by atoms with Crippen LogP contribution >= 0.6 is 0 Å². The van der Waals surface area contributed by atoms with Crippen LogP contribution in [0.3, 0.4) is 0 Å². The third kappa shape index (κ3) is 5.71. The van der Waals surface area contributed by atoms with Gasteiger partial charge in [-0.15, -0.1) is 0 Å². The lowest BCUT2D eigenvalue weighted by molar-refractivity contribution is -0.156. The second-order valence-electron chi connectivity index (χ2n) is 8.19. The zero-order chi connectivity index (χ0) is 20.8. The molecule has 1 atom stereocenters. The predicted molar refractivity (Wildman–Crippen MR) is 109 cm³/mol. The molecule has 1 aromatic rings. The first-order valence-electron chi connectivity index (χ1n) is 10.5. The molecule has 2 amide bonds. The number of amides is 2. The lowest BCUT2D eigenvalue weighted by atomic mass is 9.95. The van der Waals surface area contributed by atoms with Crippen LogP contribution in [0, 0.1) is 5.92 Å². The Balaban J connectivity index is 1.63. The van der Waals surface area contributed by atoms with Crippen molar-refractivity contribution in [3.63, 3.8) is 0 Å². The van der Waals surface area contributed by atoms with E-state index in [-0.39, 0.29) is 36.9 Å². The van der Waals surface area contributed by atoms with Gasteiger partial charge >= 0.3 is 5.97 Å². The second kappa shape index (κ2) is 9.76. The zero-order valence-electron chi connectivity index (χ0n) is 17.2. The number of nitrogens with zero attached hydrogens (tertiary/aromatic N) is 1. The fraction of sp³-hybridized carbons (Fsp3) is 0.591. The molecule has 1 aliphatic heterocycles. The fourth-order valence-corrected chi connectivity index (χ4v) is 3.83. The molecule has 7 nitrogen and oxygen atoms in total. The van der Waals surface area contributed by atoms with E-state index < -0.39 is 12.1 Å². The van der Waals surface area contributed by atoms with Gasteiger partial charge in [0.15, 0.2) is 12.7 Å². The molecule has 0 radical (unpaired) electrons. The van der Waals surface area contributed by atoms with Gasteiger partial charge in [-0.05, 0) is 37.3 Å². The molecule has 3 rings (SSSR count). The number of carbonyl (C=O) groups is 3. The smallest absolute Gasteiger partial charge is 0.326 e. The standard InChI is InChI=1S/C22H30N2O5/c1-15(2)12-19(22(27)23-16-8-4-3-5-9-16)29-21(26)13-24-17-10-6-7-11-18(17)28-14-20(24)25/h6-7,10-11,15-16,19H,3-5,8-9,12-14H2,1-2H3,(H,23,27)/t19-/m0/s1. The van der Waals surface area contributed by atoms with Crippen LogP contribution in [0.1, 0.15) is 52.4 Å². The van der Waals surface area contributed by atoms with Gasteiger partial charge in [0.1, 0.15) is 12.3 Å². The molecule has 29 heavy (non-hydrogen) atoms. The van der Waals surface area contributed by atoms with Crippen LogP contribution in [-0.2, 0) is 19.1 Å². The van der Waals surface area contributed by atoms with Gasteiger partial charge in [0.05, 0.1) is 5.69 Å². The van der Waals surface area contributed by atoms with Crippen molar-refractivity contribution in [2.24, 2.45) is 5.92 Å². The number of benzene rings is 1. The van der Waals surface area contributed by atoms with E-state index in [2.05, 4.69) is 5.32 Å². The van der Waals surface area contributed by atoms with E-state index in [1.165, 1.54) is 11.3 Å². The number of rotatable bonds is 7. The Kier molecular flexibility index (Phi) is 7.12. The van der Waals surface area contributed by atoms with Crippen molar-refractivity contribution in [2.75, 3.05) is 18.1 Å². The van der Waals surface area contributed by atoms with E-state index >= 15 is 0 Å². The Labute approximate surface area is 171 Å². The van der Waals surface area contributed by atoms with Crippen molar-refractivity contribution < 1.29 is 23.9 Å². The Morgan fingerprint density at radius 1 is 1.21 bits per heavy atom. The third-order valence-corrected chi connectivity index (χ3v) is 5.30. The van der Waals surface area contributed by atoms with Crippen LogP contribution in [0.4, 0.5) is 5.69 Å². The summed E-state index contributed by atoms with van der Waals surface area (Å²) in [6, 6.07) is 7.20. The summed E-state index contributed by atoms with van der Waals surface area (Å²) in [7, 11) is 0. The number of ether oxygens (including phenoxy) is 2. The van der Waals surface area contributed by atoms with Crippen molar-refractivity contribution in [1.29, 1.82) is 0 Å². The van der Waals surface area contributed by atoms with Crippen LogP contribution in [0.25, 0.3) is 0 Å². The van der Waals surface area contributed by atoms with Crippen molar-refractivity contribution in [3.8, 4) is 5.75 Å². The minimum Gasteiger partial charge on any atom is -0.482 e. The molecule has 2 aliphatic rings. The van der Waals surface area contributed by atoms with Gasteiger partial charge in [-0.2, -0.15) is 0 Å². The number of hydrogen-bond acceptors (Lipinski definition) is 5. The van der Waals surface area contributed by atoms with Gasteiger partial charge in [0.25, 0.3) is 11.8 Å². The van der Waals surface area contributed by atoms with Crippen LogP contribution in [-0.4, -0.2) is 43.1 Å². The summed E-state index contributed by atoms with van der Waals surface area (Å²) >= 11 is 0. The van der Waals surface area contributed by atoms with Crippen LogP contribution < -0.4 is 15.0 Å². The molecule has 1 heterocycles. The largest absolute Gasteiger partial charge is 0.482 e. The molecule has 0 spiro atoms. The maximum absolute atomic E-state index is 12.7. The summed E-state index contributed by atoms with van der Waals surface area (Å²) in [6.45, 7) is 3.60. The highest BCUT2D eigenvalue weighted by Gasteiger charge is 2.31. The minimum atomic E-state index is -0.851. The number of nitrogens with one attached hydrogen (secondary N) is 1. The Bertz CT molecular complexity index is 742. The SMILES string of the molecule is CC(C)C[C@H](OC(=O)CN1C(=O)COc2ccccc21)C(=O)NC1CCCCC1. The monoisotopic (exact) mass is 402 g/mol. The average molecular weight is 402 g/mol. The van der Waals surface area contributed by atoms with E-state index in [4.69, 9.17) is 9.47 Å². The summed E-state index contributed by atoms with van der Waals surface area (Å²) in [5, 5.41) is 3.04. The number of anilines is 1. The van der Waals surface area contributed by atoms with E-state index in [0.717, 1.165) is 25.7 Å². The number of para-hydroxylation sites is 2. The molecular formula is C22H30N2O5. The maximum atomic E-state index is 12.7. The highest BCUT2D eigenvalue weighted by atomic mass is 16.5. The summed E-state index contributed by atoms with van der Waals surface area (Å²) in [5.41, 5.74) is 0.535. The zero-order valence-corrected chi connectivity index (χ0v) is 17.2. The molecule has 7 heteroatoms. The first-order chi connectivity index (χ1) is 13.9. The number of carbonyl (C=O) groups excluding carboxylic acids is 3. The number of esters is 1. The first kappa shape index (κ1) is 21.1. The van der Waals surface area contributed by atoms with E-state index in [1.807, 2.05) is 13.8 Å².